The summed E-state index contributed by atoms with van der Waals surface area (Å²) < 4.78 is 5.30. The van der Waals surface area contributed by atoms with Crippen LogP contribution in [0, 0.1) is 5.41 Å². The molecule has 4 aromatic carbocycles. The van der Waals surface area contributed by atoms with Gasteiger partial charge in [0, 0.05) is 18.4 Å². The van der Waals surface area contributed by atoms with E-state index >= 15 is 0 Å². The summed E-state index contributed by atoms with van der Waals surface area (Å²) in [5.74, 6) is -2.54. The van der Waals surface area contributed by atoms with Crippen molar-refractivity contribution in [2.24, 2.45) is 10.4 Å². The second kappa shape index (κ2) is 13.9. The number of aliphatic carboxylic acids is 1. The molecule has 3 amide bonds. The van der Waals surface area contributed by atoms with E-state index in [9.17, 15) is 24.3 Å². The van der Waals surface area contributed by atoms with E-state index in [0.29, 0.717) is 17.1 Å². The number of alkyl carbamates (subject to hydrolysis) is 1. The van der Waals surface area contributed by atoms with Gasteiger partial charge >= 0.3 is 12.1 Å². The molecule has 0 fully saturated rings. The van der Waals surface area contributed by atoms with Crippen LogP contribution >= 0.6 is 0 Å². The standard InChI is InChI=1S/C38H38N4O6/c1-37(2,3)48-36(47)40-24-27-16-20-30(21-17-27)42-32-13-9-8-12-31(32)41(34(45)38(4,35(42)46)22-33(43)44)25-28-14-18-29(19-15-28)39-23-26-10-6-5-7-11-26/h5-21,23H,22,24-25H2,1-4H3,(H,40,47)(H,43,44). The average molecular weight is 647 g/mol. The predicted molar refractivity (Wildman–Crippen MR) is 185 cm³/mol. The predicted octanol–water partition coefficient (Wildman–Crippen LogP) is 7.15. The molecule has 48 heavy (non-hydrogen) atoms. The first-order valence-corrected chi connectivity index (χ1v) is 15.6. The smallest absolute Gasteiger partial charge is 0.407 e. The number of rotatable bonds is 9. The molecule has 0 spiro atoms. The molecule has 1 aliphatic heterocycles. The molecule has 0 bridgehead atoms. The van der Waals surface area contributed by atoms with Gasteiger partial charge in [-0.3, -0.25) is 24.3 Å². The van der Waals surface area contributed by atoms with E-state index in [2.05, 4.69) is 10.3 Å². The summed E-state index contributed by atoms with van der Waals surface area (Å²) in [5, 5.41) is 12.6. The van der Waals surface area contributed by atoms with Crippen molar-refractivity contribution in [2.45, 2.75) is 52.8 Å². The number of benzene rings is 4. The first-order chi connectivity index (χ1) is 22.8. The maximum Gasteiger partial charge on any atom is 0.407 e. The average Bonchev–Trinajstić information content (AvgIpc) is 3.11. The Morgan fingerprint density at radius 1 is 0.833 bits per heavy atom. The third-order valence-electron chi connectivity index (χ3n) is 7.78. The van der Waals surface area contributed by atoms with Crippen LogP contribution in [0.5, 0.6) is 0 Å². The zero-order valence-electron chi connectivity index (χ0n) is 27.3. The van der Waals surface area contributed by atoms with Crippen LogP contribution in [-0.2, 0) is 32.2 Å². The van der Waals surface area contributed by atoms with Crippen molar-refractivity contribution >= 4 is 52.8 Å². The highest BCUT2D eigenvalue weighted by Gasteiger charge is 2.51. The minimum Gasteiger partial charge on any atom is -0.481 e. The molecule has 0 saturated heterocycles. The van der Waals surface area contributed by atoms with E-state index < -0.39 is 41.3 Å². The Morgan fingerprint density at radius 2 is 1.44 bits per heavy atom. The van der Waals surface area contributed by atoms with Gasteiger partial charge in [-0.15, -0.1) is 0 Å². The van der Waals surface area contributed by atoms with Crippen molar-refractivity contribution in [1.82, 2.24) is 5.32 Å². The van der Waals surface area contributed by atoms with E-state index in [-0.39, 0.29) is 13.1 Å². The van der Waals surface area contributed by atoms with Gasteiger partial charge in [0.2, 0.25) is 11.8 Å². The lowest BCUT2D eigenvalue weighted by molar-refractivity contribution is -0.149. The topological polar surface area (TPSA) is 129 Å². The molecule has 10 nitrogen and oxygen atoms in total. The number of hydrogen-bond acceptors (Lipinski definition) is 6. The summed E-state index contributed by atoms with van der Waals surface area (Å²) in [5.41, 5.74) is 2.02. The number of ether oxygens (including phenoxy) is 1. The molecule has 10 heteroatoms. The number of fused-ring (bicyclic) bond motifs is 1. The molecule has 5 rings (SSSR count). The van der Waals surface area contributed by atoms with Gasteiger partial charge in [0.1, 0.15) is 11.0 Å². The van der Waals surface area contributed by atoms with Gasteiger partial charge < -0.3 is 20.1 Å². The number of carboxylic acid groups (broad SMARTS) is 1. The summed E-state index contributed by atoms with van der Waals surface area (Å²) in [4.78, 5) is 60.4. The van der Waals surface area contributed by atoms with Gasteiger partial charge in [0.05, 0.1) is 30.0 Å². The Balaban J connectivity index is 1.46. The fraction of sp³-hybridized carbons (Fsp3) is 0.237. The lowest BCUT2D eigenvalue weighted by atomic mass is 9.83. The molecule has 246 valence electrons. The van der Waals surface area contributed by atoms with Gasteiger partial charge in [0.15, 0.2) is 0 Å². The number of aliphatic imine (C=N–C) groups is 1. The Bertz CT molecular complexity index is 1830. The third kappa shape index (κ3) is 7.78. The van der Waals surface area contributed by atoms with Crippen molar-refractivity contribution in [2.75, 3.05) is 9.80 Å². The molecule has 1 unspecified atom stereocenters. The van der Waals surface area contributed by atoms with E-state index in [1.807, 2.05) is 54.6 Å². The lowest BCUT2D eigenvalue weighted by Crippen LogP contribution is -2.50. The number of nitrogens with one attached hydrogen (secondary N) is 1. The first-order valence-electron chi connectivity index (χ1n) is 15.6. The molecule has 1 aliphatic rings. The normalized spacial score (nSPS) is 16.4. The van der Waals surface area contributed by atoms with Crippen molar-refractivity contribution in [1.29, 1.82) is 0 Å². The van der Waals surface area contributed by atoms with Crippen LogP contribution in [0.4, 0.5) is 27.5 Å². The molecule has 4 aromatic rings. The number of carbonyl (C=O) groups excluding carboxylic acids is 3. The molecular formula is C38H38N4O6. The summed E-state index contributed by atoms with van der Waals surface area (Å²) >= 11 is 0. The Labute approximate surface area is 279 Å². The van der Waals surface area contributed by atoms with Crippen LogP contribution in [0.15, 0.2) is 108 Å². The van der Waals surface area contributed by atoms with Gasteiger partial charge in [-0.05, 0) is 80.8 Å². The van der Waals surface area contributed by atoms with Gasteiger partial charge in [0.25, 0.3) is 0 Å². The molecular weight excluding hydrogens is 608 g/mol. The molecule has 0 aromatic heterocycles. The van der Waals surface area contributed by atoms with Crippen LogP contribution in [0.1, 0.15) is 50.8 Å². The SMILES string of the molecule is CC(C)(C)OC(=O)NCc1ccc(N2C(=O)C(C)(CC(=O)O)C(=O)N(Cc3ccc(N=Cc4ccccc4)cc3)c3ccccc32)cc1. The number of nitrogens with zero attached hydrogens (tertiary/aromatic N) is 3. The van der Waals surface area contributed by atoms with Crippen LogP contribution in [0.25, 0.3) is 0 Å². The third-order valence-corrected chi connectivity index (χ3v) is 7.78. The second-order valence-corrected chi connectivity index (χ2v) is 12.8. The van der Waals surface area contributed by atoms with Gasteiger partial charge in [-0.2, -0.15) is 0 Å². The summed E-state index contributed by atoms with van der Waals surface area (Å²) in [6.07, 6.45) is 0.516. The number of para-hydroxylation sites is 2. The maximum atomic E-state index is 14.4. The number of hydrogen-bond donors (Lipinski definition) is 2. The van der Waals surface area contributed by atoms with E-state index in [1.165, 1.54) is 16.7 Å². The highest BCUT2D eigenvalue weighted by molar-refractivity contribution is 6.23. The Morgan fingerprint density at radius 3 is 2.06 bits per heavy atom. The number of carbonyl (C=O) groups is 4. The summed E-state index contributed by atoms with van der Waals surface area (Å²) in [7, 11) is 0. The maximum absolute atomic E-state index is 14.4. The minimum absolute atomic E-state index is 0.101. The second-order valence-electron chi connectivity index (χ2n) is 12.8. The van der Waals surface area contributed by atoms with Crippen LogP contribution < -0.4 is 15.1 Å². The quantitative estimate of drug-likeness (QED) is 0.147. The van der Waals surface area contributed by atoms with Crippen LogP contribution in [0.3, 0.4) is 0 Å². The zero-order chi connectivity index (χ0) is 34.5. The molecule has 0 radical (unpaired) electrons. The van der Waals surface area contributed by atoms with Crippen molar-refractivity contribution in [3.8, 4) is 0 Å². The monoisotopic (exact) mass is 646 g/mol. The molecule has 1 heterocycles. The summed E-state index contributed by atoms with van der Waals surface area (Å²) in [6, 6.07) is 31.1. The van der Waals surface area contributed by atoms with Crippen molar-refractivity contribution < 1.29 is 29.0 Å². The Hall–Kier alpha value is -5.77. The van der Waals surface area contributed by atoms with Crippen LogP contribution in [-0.4, -0.2) is 40.8 Å². The van der Waals surface area contributed by atoms with Gasteiger partial charge in [-0.25, -0.2) is 4.79 Å². The number of anilines is 3. The van der Waals surface area contributed by atoms with Crippen LogP contribution in [0.2, 0.25) is 0 Å². The van der Waals surface area contributed by atoms with Gasteiger partial charge in [-0.1, -0.05) is 66.7 Å². The number of amides is 3. The van der Waals surface area contributed by atoms with E-state index in [4.69, 9.17) is 4.74 Å². The largest absolute Gasteiger partial charge is 0.481 e. The fourth-order valence-corrected chi connectivity index (χ4v) is 5.41. The molecule has 0 aliphatic carbocycles. The van der Waals surface area contributed by atoms with Crippen molar-refractivity contribution in [3.63, 3.8) is 0 Å². The lowest BCUT2D eigenvalue weighted by Gasteiger charge is -2.31. The molecule has 1 atom stereocenters. The molecule has 2 N–H and O–H groups in total. The highest BCUT2D eigenvalue weighted by Crippen LogP contribution is 2.44. The van der Waals surface area contributed by atoms with Crippen molar-refractivity contribution in [3.05, 3.63) is 120 Å². The first kappa shape index (κ1) is 33.6. The zero-order valence-corrected chi connectivity index (χ0v) is 27.3. The number of carboxylic acids is 1. The highest BCUT2D eigenvalue weighted by atomic mass is 16.6. The van der Waals surface area contributed by atoms with E-state index in [0.717, 1.165) is 22.4 Å². The minimum atomic E-state index is -1.91. The summed E-state index contributed by atoms with van der Waals surface area (Å²) in [6.45, 7) is 7.02. The van der Waals surface area contributed by atoms with E-state index in [1.54, 1.807) is 75.5 Å². The fourth-order valence-electron chi connectivity index (χ4n) is 5.41. The Kier molecular flexibility index (Phi) is 9.74. The molecule has 0 saturated carbocycles.